The first-order chi connectivity index (χ1) is 8.13. The van der Waals surface area contributed by atoms with Crippen LogP contribution < -0.4 is 10.6 Å². The summed E-state index contributed by atoms with van der Waals surface area (Å²) in [4.78, 5) is 22.5. The van der Waals surface area contributed by atoms with Gasteiger partial charge in [-0.3, -0.25) is 4.79 Å². The second-order valence-electron chi connectivity index (χ2n) is 4.15. The molecular formula is C11H20N2O4. The van der Waals surface area contributed by atoms with E-state index in [-0.39, 0.29) is 18.4 Å². The van der Waals surface area contributed by atoms with Gasteiger partial charge in [-0.1, -0.05) is 13.3 Å². The minimum atomic E-state index is -0.983. The lowest BCUT2D eigenvalue weighted by atomic mass is 10.1. The Morgan fingerprint density at radius 3 is 2.88 bits per heavy atom. The number of nitrogens with one attached hydrogen (secondary N) is 2. The van der Waals surface area contributed by atoms with Gasteiger partial charge in [0.1, 0.15) is 6.04 Å². The number of carboxylic acid groups (broad SMARTS) is 1. The van der Waals surface area contributed by atoms with Crippen LogP contribution in [-0.2, 0) is 14.3 Å². The number of amides is 1. The molecule has 0 bridgehead atoms. The Morgan fingerprint density at radius 1 is 1.59 bits per heavy atom. The maximum atomic E-state index is 11.6. The van der Waals surface area contributed by atoms with Gasteiger partial charge in [0.05, 0.1) is 19.1 Å². The van der Waals surface area contributed by atoms with E-state index in [1.54, 1.807) is 0 Å². The third-order valence-corrected chi connectivity index (χ3v) is 2.63. The van der Waals surface area contributed by atoms with Gasteiger partial charge in [0.2, 0.25) is 5.91 Å². The number of carbonyl (C=O) groups excluding carboxylic acids is 1. The predicted octanol–water partition coefficient (Wildman–Crippen LogP) is -0.266. The summed E-state index contributed by atoms with van der Waals surface area (Å²) in [6, 6.07) is -0.788. The summed E-state index contributed by atoms with van der Waals surface area (Å²) in [5.41, 5.74) is 0. The Kier molecular flexibility index (Phi) is 5.93. The second-order valence-corrected chi connectivity index (χ2v) is 4.15. The molecule has 1 fully saturated rings. The Labute approximate surface area is 101 Å². The molecule has 98 valence electrons. The van der Waals surface area contributed by atoms with Crippen molar-refractivity contribution in [3.05, 3.63) is 0 Å². The average Bonchev–Trinajstić information content (AvgIpc) is 2.29. The zero-order valence-electron chi connectivity index (χ0n) is 10.1. The highest BCUT2D eigenvalue weighted by Crippen LogP contribution is 2.03. The standard InChI is InChI=1S/C11H20N2O4/c1-2-3-9(11(15)16)13-10(14)6-8-7-12-4-5-17-8/h8-9,12H,2-7H2,1H3,(H,13,14)(H,15,16)/t8?,9-/m1/s1. The number of carbonyl (C=O) groups is 2. The molecule has 1 aliphatic heterocycles. The van der Waals surface area contributed by atoms with E-state index in [2.05, 4.69) is 10.6 Å². The first kappa shape index (κ1) is 13.9. The molecule has 1 aliphatic rings. The summed E-state index contributed by atoms with van der Waals surface area (Å²) >= 11 is 0. The van der Waals surface area contributed by atoms with Crippen molar-refractivity contribution in [2.75, 3.05) is 19.7 Å². The fourth-order valence-electron chi connectivity index (χ4n) is 1.76. The normalized spacial score (nSPS) is 21.8. The first-order valence-corrected chi connectivity index (χ1v) is 5.98. The fourth-order valence-corrected chi connectivity index (χ4v) is 1.76. The molecular weight excluding hydrogens is 224 g/mol. The molecule has 0 aromatic heterocycles. The smallest absolute Gasteiger partial charge is 0.326 e. The highest BCUT2D eigenvalue weighted by Gasteiger charge is 2.22. The summed E-state index contributed by atoms with van der Waals surface area (Å²) in [7, 11) is 0. The van der Waals surface area contributed by atoms with Crippen LogP contribution in [-0.4, -0.2) is 48.8 Å². The Balaban J connectivity index is 2.33. The molecule has 2 atom stereocenters. The largest absolute Gasteiger partial charge is 0.480 e. The highest BCUT2D eigenvalue weighted by atomic mass is 16.5. The number of rotatable bonds is 6. The predicted molar refractivity (Wildman–Crippen MR) is 61.7 cm³/mol. The maximum absolute atomic E-state index is 11.6. The monoisotopic (exact) mass is 244 g/mol. The summed E-state index contributed by atoms with van der Waals surface area (Å²) in [6.45, 7) is 3.91. The SMILES string of the molecule is CCC[C@@H](NC(=O)CC1CNCCO1)C(=O)O. The van der Waals surface area contributed by atoms with Crippen LogP contribution in [0.2, 0.25) is 0 Å². The maximum Gasteiger partial charge on any atom is 0.326 e. The van der Waals surface area contributed by atoms with Gasteiger partial charge in [0, 0.05) is 13.1 Å². The molecule has 0 aromatic carbocycles. The number of morpholine rings is 1. The van der Waals surface area contributed by atoms with E-state index in [4.69, 9.17) is 9.84 Å². The van der Waals surface area contributed by atoms with Gasteiger partial charge < -0.3 is 20.5 Å². The lowest BCUT2D eigenvalue weighted by molar-refractivity contribution is -0.142. The molecule has 1 rings (SSSR count). The Morgan fingerprint density at radius 2 is 2.35 bits per heavy atom. The van der Waals surface area contributed by atoms with Gasteiger partial charge in [-0.2, -0.15) is 0 Å². The minimum absolute atomic E-state index is 0.153. The third-order valence-electron chi connectivity index (χ3n) is 2.63. The lowest BCUT2D eigenvalue weighted by Gasteiger charge is -2.23. The van der Waals surface area contributed by atoms with Crippen LogP contribution in [0.1, 0.15) is 26.2 Å². The molecule has 0 aliphatic carbocycles. The molecule has 3 N–H and O–H groups in total. The van der Waals surface area contributed by atoms with Gasteiger partial charge in [-0.05, 0) is 6.42 Å². The molecule has 1 unspecified atom stereocenters. The number of hydrogen-bond donors (Lipinski definition) is 3. The van der Waals surface area contributed by atoms with E-state index in [0.29, 0.717) is 19.6 Å². The van der Waals surface area contributed by atoms with E-state index in [1.165, 1.54) is 0 Å². The van der Waals surface area contributed by atoms with Crippen molar-refractivity contribution in [1.82, 2.24) is 10.6 Å². The number of aliphatic carboxylic acids is 1. The quantitative estimate of drug-likeness (QED) is 0.599. The van der Waals surface area contributed by atoms with Crippen LogP contribution in [0.15, 0.2) is 0 Å². The molecule has 1 saturated heterocycles. The van der Waals surface area contributed by atoms with E-state index >= 15 is 0 Å². The van der Waals surface area contributed by atoms with Gasteiger partial charge in [0.15, 0.2) is 0 Å². The number of carboxylic acids is 1. The van der Waals surface area contributed by atoms with Crippen molar-refractivity contribution >= 4 is 11.9 Å². The first-order valence-electron chi connectivity index (χ1n) is 5.98. The summed E-state index contributed by atoms with van der Waals surface area (Å²) in [6.07, 6.45) is 1.23. The zero-order chi connectivity index (χ0) is 12.7. The van der Waals surface area contributed by atoms with Crippen LogP contribution in [0.4, 0.5) is 0 Å². The Bertz CT molecular complexity index is 264. The van der Waals surface area contributed by atoms with Crippen molar-refractivity contribution in [3.63, 3.8) is 0 Å². The van der Waals surface area contributed by atoms with Crippen LogP contribution in [0, 0.1) is 0 Å². The van der Waals surface area contributed by atoms with Crippen molar-refractivity contribution in [2.24, 2.45) is 0 Å². The highest BCUT2D eigenvalue weighted by molar-refractivity contribution is 5.83. The summed E-state index contributed by atoms with van der Waals surface area (Å²) in [5, 5.41) is 14.5. The van der Waals surface area contributed by atoms with Crippen molar-refractivity contribution in [3.8, 4) is 0 Å². The molecule has 0 spiro atoms. The van der Waals surface area contributed by atoms with E-state index in [9.17, 15) is 9.59 Å². The van der Waals surface area contributed by atoms with E-state index < -0.39 is 12.0 Å². The molecule has 0 aromatic rings. The molecule has 6 heteroatoms. The molecule has 1 heterocycles. The molecule has 17 heavy (non-hydrogen) atoms. The summed E-state index contributed by atoms with van der Waals surface area (Å²) < 4.78 is 5.38. The van der Waals surface area contributed by atoms with Crippen LogP contribution >= 0.6 is 0 Å². The van der Waals surface area contributed by atoms with Crippen molar-refractivity contribution in [2.45, 2.75) is 38.3 Å². The topological polar surface area (TPSA) is 87.7 Å². The summed E-state index contributed by atoms with van der Waals surface area (Å²) in [5.74, 6) is -1.25. The van der Waals surface area contributed by atoms with Gasteiger partial charge in [-0.15, -0.1) is 0 Å². The van der Waals surface area contributed by atoms with E-state index in [0.717, 1.165) is 13.0 Å². The van der Waals surface area contributed by atoms with Crippen molar-refractivity contribution < 1.29 is 19.4 Å². The molecule has 0 saturated carbocycles. The van der Waals surface area contributed by atoms with Crippen LogP contribution in [0.25, 0.3) is 0 Å². The van der Waals surface area contributed by atoms with Crippen molar-refractivity contribution in [1.29, 1.82) is 0 Å². The zero-order valence-corrected chi connectivity index (χ0v) is 10.1. The second kappa shape index (κ2) is 7.24. The number of ether oxygens (including phenoxy) is 1. The van der Waals surface area contributed by atoms with Gasteiger partial charge in [-0.25, -0.2) is 4.79 Å². The third kappa shape index (κ3) is 5.14. The van der Waals surface area contributed by atoms with Gasteiger partial charge in [0.25, 0.3) is 0 Å². The lowest BCUT2D eigenvalue weighted by Crippen LogP contribution is -2.45. The molecule has 1 amide bonds. The minimum Gasteiger partial charge on any atom is -0.480 e. The Hall–Kier alpha value is -1.14. The van der Waals surface area contributed by atoms with E-state index in [1.807, 2.05) is 6.92 Å². The average molecular weight is 244 g/mol. The number of hydrogen-bond acceptors (Lipinski definition) is 4. The fraction of sp³-hybridized carbons (Fsp3) is 0.818. The van der Waals surface area contributed by atoms with Crippen LogP contribution in [0.3, 0.4) is 0 Å². The van der Waals surface area contributed by atoms with Gasteiger partial charge >= 0.3 is 5.97 Å². The van der Waals surface area contributed by atoms with Crippen LogP contribution in [0.5, 0.6) is 0 Å². The molecule has 6 nitrogen and oxygen atoms in total. The molecule has 0 radical (unpaired) electrons.